The lowest BCUT2D eigenvalue weighted by Crippen LogP contribution is -2.41. The molecule has 0 bridgehead atoms. The van der Waals surface area contributed by atoms with E-state index in [1.807, 2.05) is 19.9 Å². The molecule has 1 atom stereocenters. The molecular weight excluding hydrogens is 344 g/mol. The zero-order valence-electron chi connectivity index (χ0n) is 15.6. The van der Waals surface area contributed by atoms with Crippen molar-refractivity contribution in [1.29, 1.82) is 0 Å². The van der Waals surface area contributed by atoms with Crippen molar-refractivity contribution in [3.63, 3.8) is 0 Å². The van der Waals surface area contributed by atoms with Crippen LogP contribution in [0.5, 0.6) is 0 Å². The lowest BCUT2D eigenvalue weighted by atomic mass is 10.2. The second-order valence-corrected chi connectivity index (χ2v) is 6.38. The number of urea groups is 1. The van der Waals surface area contributed by atoms with E-state index in [0.717, 1.165) is 0 Å². The van der Waals surface area contributed by atoms with Crippen LogP contribution >= 0.6 is 0 Å². The molecule has 142 valence electrons. The fraction of sp³-hybridized carbons (Fsp3) is 0.250. The van der Waals surface area contributed by atoms with E-state index < -0.39 is 6.04 Å². The Bertz CT molecular complexity index is 789. The summed E-state index contributed by atoms with van der Waals surface area (Å²) in [6.07, 6.45) is 0. The highest BCUT2D eigenvalue weighted by atomic mass is 16.2. The van der Waals surface area contributed by atoms with Crippen molar-refractivity contribution >= 4 is 29.2 Å². The van der Waals surface area contributed by atoms with Crippen LogP contribution in [0, 0.1) is 0 Å². The molecule has 0 saturated carbocycles. The van der Waals surface area contributed by atoms with Gasteiger partial charge in [-0.1, -0.05) is 18.2 Å². The molecule has 7 heteroatoms. The largest absolute Gasteiger partial charge is 0.341 e. The minimum Gasteiger partial charge on any atom is -0.341 e. The normalized spacial score (nSPS) is 11.4. The Balaban J connectivity index is 1.87. The van der Waals surface area contributed by atoms with Crippen molar-refractivity contribution in [2.24, 2.45) is 0 Å². The second-order valence-electron chi connectivity index (χ2n) is 6.38. The van der Waals surface area contributed by atoms with Gasteiger partial charge in [0.25, 0.3) is 5.91 Å². The maximum atomic E-state index is 12.3. The van der Waals surface area contributed by atoms with Gasteiger partial charge in [0.2, 0.25) is 5.91 Å². The average molecular weight is 368 g/mol. The Hall–Kier alpha value is -3.35. The summed E-state index contributed by atoms with van der Waals surface area (Å²) in [7, 11) is 0. The Morgan fingerprint density at radius 2 is 1.30 bits per heavy atom. The standard InChI is InChI=1S/C20H24N4O3/c1-13(2)21-20(27)24-17-11-9-16(10-12-17)23-18(25)14(3)22-19(26)15-7-5-4-6-8-15/h4-14H,1-3H3,(H,22,26)(H,23,25)(H2,21,24,27). The number of carbonyl (C=O) groups is 3. The quantitative estimate of drug-likeness (QED) is 0.631. The van der Waals surface area contributed by atoms with Crippen LogP contribution in [-0.2, 0) is 4.79 Å². The monoisotopic (exact) mass is 368 g/mol. The number of hydrogen-bond acceptors (Lipinski definition) is 3. The van der Waals surface area contributed by atoms with E-state index in [4.69, 9.17) is 0 Å². The Morgan fingerprint density at radius 3 is 1.85 bits per heavy atom. The van der Waals surface area contributed by atoms with E-state index in [9.17, 15) is 14.4 Å². The molecule has 0 aliphatic heterocycles. The molecule has 0 fully saturated rings. The smallest absolute Gasteiger partial charge is 0.319 e. The lowest BCUT2D eigenvalue weighted by molar-refractivity contribution is -0.117. The van der Waals surface area contributed by atoms with Crippen LogP contribution in [-0.4, -0.2) is 29.9 Å². The SMILES string of the molecule is CC(C)NC(=O)Nc1ccc(NC(=O)C(C)NC(=O)c2ccccc2)cc1. The van der Waals surface area contributed by atoms with Gasteiger partial charge in [0.05, 0.1) is 0 Å². The van der Waals surface area contributed by atoms with E-state index in [1.165, 1.54) is 0 Å². The van der Waals surface area contributed by atoms with Crippen LogP contribution in [0.2, 0.25) is 0 Å². The Labute approximate surface area is 158 Å². The van der Waals surface area contributed by atoms with Gasteiger partial charge in [0, 0.05) is 23.0 Å². The van der Waals surface area contributed by atoms with E-state index in [0.29, 0.717) is 16.9 Å². The van der Waals surface area contributed by atoms with Gasteiger partial charge in [-0.05, 0) is 57.2 Å². The van der Waals surface area contributed by atoms with Crippen molar-refractivity contribution in [3.8, 4) is 0 Å². The predicted octanol–water partition coefficient (Wildman–Crippen LogP) is 2.97. The highest BCUT2D eigenvalue weighted by Gasteiger charge is 2.16. The minimum atomic E-state index is -0.702. The third kappa shape index (κ3) is 6.47. The number of rotatable bonds is 6. The summed E-state index contributed by atoms with van der Waals surface area (Å²) >= 11 is 0. The first-order chi connectivity index (χ1) is 12.8. The number of benzene rings is 2. The molecule has 2 rings (SSSR count). The summed E-state index contributed by atoms with van der Waals surface area (Å²) in [5.74, 6) is -0.647. The highest BCUT2D eigenvalue weighted by Crippen LogP contribution is 2.14. The third-order valence-electron chi connectivity index (χ3n) is 3.61. The van der Waals surface area contributed by atoms with E-state index >= 15 is 0 Å². The average Bonchev–Trinajstić information content (AvgIpc) is 2.63. The van der Waals surface area contributed by atoms with Crippen LogP contribution in [0.15, 0.2) is 54.6 Å². The van der Waals surface area contributed by atoms with E-state index in [2.05, 4.69) is 21.3 Å². The van der Waals surface area contributed by atoms with E-state index in [-0.39, 0.29) is 23.9 Å². The van der Waals surface area contributed by atoms with Gasteiger partial charge in [-0.2, -0.15) is 0 Å². The molecule has 2 aromatic carbocycles. The summed E-state index contributed by atoms with van der Waals surface area (Å²) in [6.45, 7) is 5.36. The molecule has 0 aliphatic rings. The van der Waals surface area contributed by atoms with Gasteiger partial charge >= 0.3 is 6.03 Å². The Morgan fingerprint density at radius 1 is 0.741 bits per heavy atom. The van der Waals surface area contributed by atoms with Crippen molar-refractivity contribution < 1.29 is 14.4 Å². The molecule has 27 heavy (non-hydrogen) atoms. The number of carbonyl (C=O) groups excluding carboxylic acids is 3. The summed E-state index contributed by atoms with van der Waals surface area (Å²) in [4.78, 5) is 36.0. The molecule has 1 unspecified atom stereocenters. The number of amides is 4. The van der Waals surface area contributed by atoms with Crippen LogP contribution in [0.1, 0.15) is 31.1 Å². The van der Waals surface area contributed by atoms with Gasteiger partial charge in [-0.3, -0.25) is 9.59 Å². The number of hydrogen-bond donors (Lipinski definition) is 4. The van der Waals surface area contributed by atoms with Gasteiger partial charge < -0.3 is 21.3 Å². The second kappa shape index (κ2) is 9.38. The molecule has 0 saturated heterocycles. The van der Waals surface area contributed by atoms with Gasteiger partial charge in [0.1, 0.15) is 6.04 Å². The maximum Gasteiger partial charge on any atom is 0.319 e. The highest BCUT2D eigenvalue weighted by molar-refractivity contribution is 6.01. The summed E-state index contributed by atoms with van der Waals surface area (Å²) in [5.41, 5.74) is 1.67. The lowest BCUT2D eigenvalue weighted by Gasteiger charge is -2.15. The maximum absolute atomic E-state index is 12.3. The van der Waals surface area contributed by atoms with Gasteiger partial charge in [-0.15, -0.1) is 0 Å². The van der Waals surface area contributed by atoms with Crippen LogP contribution in [0.3, 0.4) is 0 Å². The molecule has 7 nitrogen and oxygen atoms in total. The zero-order chi connectivity index (χ0) is 19.8. The first-order valence-electron chi connectivity index (χ1n) is 8.69. The van der Waals surface area contributed by atoms with Gasteiger partial charge in [-0.25, -0.2) is 4.79 Å². The topological polar surface area (TPSA) is 99.3 Å². The molecule has 0 aliphatic carbocycles. The molecule has 0 radical (unpaired) electrons. The third-order valence-corrected chi connectivity index (χ3v) is 3.61. The summed E-state index contributed by atoms with van der Waals surface area (Å²) in [5, 5.41) is 10.8. The summed E-state index contributed by atoms with van der Waals surface area (Å²) in [6, 6.07) is 14.5. The Kier molecular flexibility index (Phi) is 6.93. The van der Waals surface area contributed by atoms with Crippen molar-refractivity contribution in [3.05, 3.63) is 60.2 Å². The first kappa shape index (κ1) is 20.0. The van der Waals surface area contributed by atoms with Crippen molar-refractivity contribution in [2.75, 3.05) is 10.6 Å². The van der Waals surface area contributed by atoms with Gasteiger partial charge in [0.15, 0.2) is 0 Å². The zero-order valence-corrected chi connectivity index (χ0v) is 15.6. The van der Waals surface area contributed by atoms with Crippen molar-refractivity contribution in [2.45, 2.75) is 32.9 Å². The van der Waals surface area contributed by atoms with Crippen LogP contribution < -0.4 is 21.3 Å². The fourth-order valence-corrected chi connectivity index (χ4v) is 2.25. The van der Waals surface area contributed by atoms with Crippen LogP contribution in [0.25, 0.3) is 0 Å². The molecule has 0 heterocycles. The molecule has 0 aromatic heterocycles. The number of nitrogens with one attached hydrogen (secondary N) is 4. The number of anilines is 2. The minimum absolute atomic E-state index is 0.0381. The fourth-order valence-electron chi connectivity index (χ4n) is 2.25. The molecule has 2 aromatic rings. The predicted molar refractivity (Wildman–Crippen MR) is 106 cm³/mol. The molecule has 4 N–H and O–H groups in total. The molecule has 4 amide bonds. The summed E-state index contributed by atoms with van der Waals surface area (Å²) < 4.78 is 0. The van der Waals surface area contributed by atoms with E-state index in [1.54, 1.807) is 55.5 Å². The molecular formula is C20H24N4O3. The van der Waals surface area contributed by atoms with Crippen LogP contribution in [0.4, 0.5) is 16.2 Å². The first-order valence-corrected chi connectivity index (χ1v) is 8.69. The van der Waals surface area contributed by atoms with Crippen molar-refractivity contribution in [1.82, 2.24) is 10.6 Å². The molecule has 0 spiro atoms.